The quantitative estimate of drug-likeness (QED) is 0.544. The number of rotatable bonds is 4. The van der Waals surface area contributed by atoms with Crippen molar-refractivity contribution in [3.05, 3.63) is 99.8 Å². The van der Waals surface area contributed by atoms with Gasteiger partial charge in [-0.2, -0.15) is 0 Å². The van der Waals surface area contributed by atoms with E-state index in [-0.39, 0.29) is 5.78 Å². The molecule has 1 aliphatic heterocycles. The maximum absolute atomic E-state index is 12.8. The molecule has 0 aliphatic carbocycles. The Hall–Kier alpha value is -3.33. The summed E-state index contributed by atoms with van der Waals surface area (Å²) in [5.41, 5.74) is 5.86. The third-order valence-electron chi connectivity index (χ3n) is 4.94. The molecule has 3 heteroatoms. The minimum absolute atomic E-state index is 0.0826. The fraction of sp³-hybridized carbons (Fsp3) is 0.160. The van der Waals surface area contributed by atoms with Gasteiger partial charge in [0.25, 0.3) is 0 Å². The van der Waals surface area contributed by atoms with E-state index in [1.54, 1.807) is 6.07 Å². The van der Waals surface area contributed by atoms with Crippen LogP contribution in [0.5, 0.6) is 11.5 Å². The van der Waals surface area contributed by atoms with Crippen LogP contribution in [0.4, 0.5) is 0 Å². The number of carbonyl (C=O) groups excluding carboxylic acids is 1. The highest BCUT2D eigenvalue weighted by Gasteiger charge is 2.30. The van der Waals surface area contributed by atoms with Crippen LogP contribution in [0.2, 0.25) is 0 Å². The van der Waals surface area contributed by atoms with Crippen molar-refractivity contribution >= 4 is 11.9 Å². The van der Waals surface area contributed by atoms with E-state index in [2.05, 4.69) is 31.2 Å². The van der Waals surface area contributed by atoms with Gasteiger partial charge in [-0.05, 0) is 55.2 Å². The van der Waals surface area contributed by atoms with Crippen molar-refractivity contribution in [1.82, 2.24) is 0 Å². The van der Waals surface area contributed by atoms with Gasteiger partial charge in [0.2, 0.25) is 5.78 Å². The predicted octanol–water partition coefficient (Wildman–Crippen LogP) is 5.81. The topological polar surface area (TPSA) is 35.5 Å². The standard InChI is InChI=1S/C25H22O3/c1-16-8-10-19(11-9-16)15-27-21-12-18(3)24-22(14-21)28-23(25(24)26)13-20-7-5-4-6-17(20)2/h4-14H,15H2,1-3H3/b23-13-. The van der Waals surface area contributed by atoms with Gasteiger partial charge in [-0.25, -0.2) is 0 Å². The maximum Gasteiger partial charge on any atom is 0.232 e. The Labute approximate surface area is 165 Å². The number of ketones is 1. The van der Waals surface area contributed by atoms with Crippen LogP contribution >= 0.6 is 0 Å². The van der Waals surface area contributed by atoms with Crippen LogP contribution in [0, 0.1) is 20.8 Å². The molecule has 3 aromatic carbocycles. The third-order valence-corrected chi connectivity index (χ3v) is 4.94. The summed E-state index contributed by atoms with van der Waals surface area (Å²) in [6.45, 7) is 6.46. The van der Waals surface area contributed by atoms with E-state index in [0.717, 1.165) is 22.3 Å². The average molecular weight is 370 g/mol. The molecule has 1 aliphatic rings. The molecular formula is C25H22O3. The van der Waals surface area contributed by atoms with E-state index < -0.39 is 0 Å². The van der Waals surface area contributed by atoms with Gasteiger partial charge in [-0.1, -0.05) is 54.1 Å². The summed E-state index contributed by atoms with van der Waals surface area (Å²) < 4.78 is 11.8. The summed E-state index contributed by atoms with van der Waals surface area (Å²) in [4.78, 5) is 12.8. The van der Waals surface area contributed by atoms with Crippen molar-refractivity contribution in [3.8, 4) is 11.5 Å². The Morgan fingerprint density at radius 1 is 0.929 bits per heavy atom. The van der Waals surface area contributed by atoms with Crippen LogP contribution in [0.3, 0.4) is 0 Å². The van der Waals surface area contributed by atoms with E-state index in [9.17, 15) is 4.79 Å². The highest BCUT2D eigenvalue weighted by molar-refractivity contribution is 6.15. The molecule has 0 saturated carbocycles. The molecule has 0 unspecified atom stereocenters. The molecule has 0 bridgehead atoms. The number of Topliss-reactive ketones (excluding diaryl/α,β-unsaturated/α-hetero) is 1. The van der Waals surface area contributed by atoms with Crippen molar-refractivity contribution in [2.45, 2.75) is 27.4 Å². The van der Waals surface area contributed by atoms with Crippen molar-refractivity contribution < 1.29 is 14.3 Å². The number of ether oxygens (including phenoxy) is 2. The van der Waals surface area contributed by atoms with E-state index in [1.165, 1.54) is 5.56 Å². The lowest BCUT2D eigenvalue weighted by Crippen LogP contribution is -2.00. The fourth-order valence-corrected chi connectivity index (χ4v) is 3.30. The first-order valence-corrected chi connectivity index (χ1v) is 9.34. The van der Waals surface area contributed by atoms with Gasteiger partial charge in [0.05, 0.1) is 5.56 Å². The molecule has 0 spiro atoms. The Kier molecular flexibility index (Phi) is 4.74. The molecule has 3 aromatic rings. The molecule has 0 amide bonds. The first-order valence-electron chi connectivity index (χ1n) is 9.34. The van der Waals surface area contributed by atoms with Gasteiger partial charge < -0.3 is 9.47 Å². The highest BCUT2D eigenvalue weighted by Crippen LogP contribution is 2.37. The number of hydrogen-bond acceptors (Lipinski definition) is 3. The van der Waals surface area contributed by atoms with Crippen molar-refractivity contribution in [2.24, 2.45) is 0 Å². The summed E-state index contributed by atoms with van der Waals surface area (Å²) in [6, 6.07) is 19.9. The first-order chi connectivity index (χ1) is 13.5. The summed E-state index contributed by atoms with van der Waals surface area (Å²) in [6.07, 6.45) is 1.81. The summed E-state index contributed by atoms with van der Waals surface area (Å²) in [5.74, 6) is 1.52. The van der Waals surface area contributed by atoms with Crippen LogP contribution in [0.15, 0.2) is 66.4 Å². The molecular weight excluding hydrogens is 348 g/mol. The van der Waals surface area contributed by atoms with E-state index in [4.69, 9.17) is 9.47 Å². The largest absolute Gasteiger partial charge is 0.489 e. The van der Waals surface area contributed by atoms with Crippen LogP contribution in [0.1, 0.15) is 38.2 Å². The van der Waals surface area contributed by atoms with Crippen LogP contribution < -0.4 is 9.47 Å². The monoisotopic (exact) mass is 370 g/mol. The molecule has 0 saturated heterocycles. The molecule has 0 fully saturated rings. The smallest absolute Gasteiger partial charge is 0.232 e. The van der Waals surface area contributed by atoms with Gasteiger partial charge in [-0.3, -0.25) is 4.79 Å². The third kappa shape index (κ3) is 3.56. The highest BCUT2D eigenvalue weighted by atomic mass is 16.5. The summed E-state index contributed by atoms with van der Waals surface area (Å²) in [7, 11) is 0. The maximum atomic E-state index is 12.8. The van der Waals surface area contributed by atoms with Crippen LogP contribution in [-0.2, 0) is 6.61 Å². The van der Waals surface area contributed by atoms with Gasteiger partial charge in [0.15, 0.2) is 5.76 Å². The van der Waals surface area contributed by atoms with E-state index >= 15 is 0 Å². The second-order valence-electron chi connectivity index (χ2n) is 7.18. The Balaban J connectivity index is 1.57. The second kappa shape index (κ2) is 7.35. The zero-order valence-electron chi connectivity index (χ0n) is 16.3. The molecule has 0 radical (unpaired) electrons. The molecule has 140 valence electrons. The lowest BCUT2D eigenvalue weighted by molar-refractivity contribution is 0.101. The lowest BCUT2D eigenvalue weighted by atomic mass is 10.0. The van der Waals surface area contributed by atoms with Gasteiger partial charge in [0, 0.05) is 6.07 Å². The second-order valence-corrected chi connectivity index (χ2v) is 7.18. The number of aryl methyl sites for hydroxylation is 3. The Bertz CT molecular complexity index is 1080. The minimum atomic E-state index is -0.0826. The fourth-order valence-electron chi connectivity index (χ4n) is 3.30. The van der Waals surface area contributed by atoms with Gasteiger partial charge in [-0.15, -0.1) is 0 Å². The Morgan fingerprint density at radius 2 is 1.68 bits per heavy atom. The predicted molar refractivity (Wildman–Crippen MR) is 111 cm³/mol. The molecule has 3 nitrogen and oxygen atoms in total. The summed E-state index contributed by atoms with van der Waals surface area (Å²) >= 11 is 0. The van der Waals surface area contributed by atoms with Crippen LogP contribution in [-0.4, -0.2) is 5.78 Å². The SMILES string of the molecule is Cc1ccc(COc2cc(C)c3c(c2)O/C(=C\c2ccccc2C)C3=O)cc1. The van der Waals surface area contributed by atoms with Gasteiger partial charge in [0.1, 0.15) is 18.1 Å². The summed E-state index contributed by atoms with van der Waals surface area (Å²) in [5, 5.41) is 0. The number of allylic oxidation sites excluding steroid dienone is 1. The van der Waals surface area contributed by atoms with Crippen LogP contribution in [0.25, 0.3) is 6.08 Å². The molecule has 0 atom stereocenters. The normalized spacial score (nSPS) is 14.1. The van der Waals surface area contributed by atoms with Crippen molar-refractivity contribution in [1.29, 1.82) is 0 Å². The van der Waals surface area contributed by atoms with Gasteiger partial charge >= 0.3 is 0 Å². The number of carbonyl (C=O) groups is 1. The average Bonchev–Trinajstić information content (AvgIpc) is 2.99. The van der Waals surface area contributed by atoms with E-state index in [0.29, 0.717) is 29.4 Å². The molecule has 28 heavy (non-hydrogen) atoms. The Morgan fingerprint density at radius 3 is 2.43 bits per heavy atom. The number of hydrogen-bond donors (Lipinski definition) is 0. The van der Waals surface area contributed by atoms with E-state index in [1.807, 2.05) is 50.3 Å². The molecule has 1 heterocycles. The first kappa shape index (κ1) is 18.1. The number of benzene rings is 3. The zero-order chi connectivity index (χ0) is 19.7. The molecule has 0 aromatic heterocycles. The molecule has 0 N–H and O–H groups in total. The minimum Gasteiger partial charge on any atom is -0.489 e. The zero-order valence-corrected chi connectivity index (χ0v) is 16.3. The number of fused-ring (bicyclic) bond motifs is 1. The molecule has 4 rings (SSSR count). The van der Waals surface area contributed by atoms with Crippen molar-refractivity contribution in [2.75, 3.05) is 0 Å². The van der Waals surface area contributed by atoms with Crippen molar-refractivity contribution in [3.63, 3.8) is 0 Å². The lowest BCUT2D eigenvalue weighted by Gasteiger charge is -2.09.